The highest BCUT2D eigenvalue weighted by Crippen LogP contribution is 2.27. The molecule has 0 radical (unpaired) electrons. The molecule has 2 N–H and O–H groups in total. The van der Waals surface area contributed by atoms with Gasteiger partial charge in [-0.15, -0.1) is 5.10 Å². The molecule has 0 fully saturated rings. The number of H-pyrrole nitrogens is 1. The highest BCUT2D eigenvalue weighted by atomic mass is 16.2. The van der Waals surface area contributed by atoms with Crippen molar-refractivity contribution in [3.8, 4) is 5.69 Å². The molecule has 1 amide bonds. The van der Waals surface area contributed by atoms with Crippen molar-refractivity contribution in [1.29, 1.82) is 0 Å². The second-order valence-electron chi connectivity index (χ2n) is 6.03. The third-order valence-corrected chi connectivity index (χ3v) is 4.35. The predicted octanol–water partition coefficient (Wildman–Crippen LogP) is 1.76. The number of pyridine rings is 1. The van der Waals surface area contributed by atoms with Crippen molar-refractivity contribution in [3.05, 3.63) is 76.0 Å². The van der Waals surface area contributed by atoms with E-state index in [9.17, 15) is 9.59 Å². The van der Waals surface area contributed by atoms with Crippen molar-refractivity contribution in [2.24, 2.45) is 0 Å². The second kappa shape index (κ2) is 6.35. The Morgan fingerprint density at radius 2 is 2.04 bits per heavy atom. The van der Waals surface area contributed by atoms with E-state index < -0.39 is 0 Å². The molecule has 1 atom stereocenters. The number of nitrogens with zero attached hydrogens (tertiary/aromatic N) is 3. The average Bonchev–Trinajstić information content (AvgIpc) is 3.13. The first-order chi connectivity index (χ1) is 12.2. The van der Waals surface area contributed by atoms with Crippen LogP contribution in [0.1, 0.15) is 40.6 Å². The van der Waals surface area contributed by atoms with Crippen LogP contribution >= 0.6 is 0 Å². The van der Waals surface area contributed by atoms with Gasteiger partial charge in [0, 0.05) is 11.8 Å². The zero-order chi connectivity index (χ0) is 17.2. The van der Waals surface area contributed by atoms with Gasteiger partial charge in [0.1, 0.15) is 0 Å². The summed E-state index contributed by atoms with van der Waals surface area (Å²) in [5.41, 5.74) is 2.81. The topological polar surface area (TPSA) is 92.7 Å². The zero-order valence-electron chi connectivity index (χ0n) is 13.5. The summed E-state index contributed by atoms with van der Waals surface area (Å²) >= 11 is 0. The van der Waals surface area contributed by atoms with Crippen LogP contribution in [0.3, 0.4) is 0 Å². The van der Waals surface area contributed by atoms with Crippen LogP contribution in [0.4, 0.5) is 0 Å². The minimum Gasteiger partial charge on any atom is -0.344 e. The predicted molar refractivity (Wildman–Crippen MR) is 91.6 cm³/mol. The molecule has 3 aromatic rings. The van der Waals surface area contributed by atoms with Gasteiger partial charge in [-0.05, 0) is 43.0 Å². The maximum atomic E-state index is 12.5. The summed E-state index contributed by atoms with van der Waals surface area (Å²) < 4.78 is 0. The molecule has 7 heteroatoms. The molecular formula is C18H17N5O2. The maximum Gasteiger partial charge on any atom is 0.273 e. The third-order valence-electron chi connectivity index (χ3n) is 4.35. The number of aryl methyl sites for hydroxylation is 1. The number of nitrogens with one attached hydrogen (secondary N) is 2. The molecule has 2 aromatic heterocycles. The van der Waals surface area contributed by atoms with E-state index >= 15 is 0 Å². The summed E-state index contributed by atoms with van der Waals surface area (Å²) in [6.07, 6.45) is 4.02. The smallest absolute Gasteiger partial charge is 0.273 e. The van der Waals surface area contributed by atoms with E-state index in [-0.39, 0.29) is 23.2 Å². The van der Waals surface area contributed by atoms with Gasteiger partial charge in [-0.3, -0.25) is 9.59 Å². The van der Waals surface area contributed by atoms with E-state index in [0.29, 0.717) is 0 Å². The molecule has 25 heavy (non-hydrogen) atoms. The van der Waals surface area contributed by atoms with E-state index in [2.05, 4.69) is 20.5 Å². The first-order valence-electron chi connectivity index (χ1n) is 8.21. The number of hydrogen-bond donors (Lipinski definition) is 2. The molecule has 1 aromatic carbocycles. The van der Waals surface area contributed by atoms with E-state index in [1.165, 1.54) is 17.1 Å². The molecule has 4 rings (SSSR count). The molecule has 0 aliphatic heterocycles. The average molecular weight is 335 g/mol. The van der Waals surface area contributed by atoms with E-state index in [1.807, 2.05) is 30.3 Å². The number of amides is 1. The normalized spacial score (nSPS) is 16.2. The first-order valence-corrected chi connectivity index (χ1v) is 8.21. The van der Waals surface area contributed by atoms with Crippen molar-refractivity contribution in [2.75, 3.05) is 0 Å². The molecule has 126 valence electrons. The van der Waals surface area contributed by atoms with Crippen LogP contribution in [-0.4, -0.2) is 25.9 Å². The Kier molecular flexibility index (Phi) is 3.89. The molecule has 7 nitrogen and oxygen atoms in total. The summed E-state index contributed by atoms with van der Waals surface area (Å²) in [6.45, 7) is 0. The Bertz CT molecular complexity index is 961. The molecule has 0 unspecified atom stereocenters. The number of benzene rings is 1. The highest BCUT2D eigenvalue weighted by molar-refractivity contribution is 5.92. The fourth-order valence-electron chi connectivity index (χ4n) is 3.14. The standard InChI is InChI=1S/C18H17N5O2/c24-17-10-9-13-14(20-17)7-4-8-15(13)21-18(25)16-11-19-23(22-16)12-5-2-1-3-6-12/h1-3,5-6,9-11,15H,4,7-8H2,(H,20,24)(H,21,25)/t15-/m1/s1. The lowest BCUT2D eigenvalue weighted by molar-refractivity contribution is 0.0927. The number of carbonyl (C=O) groups is 1. The molecule has 0 saturated carbocycles. The number of para-hydroxylation sites is 1. The number of carbonyl (C=O) groups excluding carboxylic acids is 1. The minimum absolute atomic E-state index is 0.114. The van der Waals surface area contributed by atoms with Crippen LogP contribution in [0, 0.1) is 0 Å². The summed E-state index contributed by atoms with van der Waals surface area (Å²) in [4.78, 5) is 28.3. The van der Waals surface area contributed by atoms with Gasteiger partial charge in [-0.25, -0.2) is 0 Å². The number of fused-ring (bicyclic) bond motifs is 1. The van der Waals surface area contributed by atoms with Gasteiger partial charge >= 0.3 is 0 Å². The van der Waals surface area contributed by atoms with E-state index in [4.69, 9.17) is 0 Å². The van der Waals surface area contributed by atoms with Crippen molar-refractivity contribution < 1.29 is 4.79 Å². The van der Waals surface area contributed by atoms with Crippen LogP contribution in [0.15, 0.2) is 53.5 Å². The van der Waals surface area contributed by atoms with Gasteiger partial charge in [0.25, 0.3) is 5.91 Å². The van der Waals surface area contributed by atoms with Gasteiger partial charge in [0.2, 0.25) is 5.56 Å². The SMILES string of the molecule is O=C(N[C@@H]1CCCc2[nH]c(=O)ccc21)c1cnn(-c2ccccc2)n1. The molecule has 0 bridgehead atoms. The monoisotopic (exact) mass is 335 g/mol. The molecule has 2 heterocycles. The number of hydrogen-bond acceptors (Lipinski definition) is 4. The van der Waals surface area contributed by atoms with Crippen LogP contribution in [0.25, 0.3) is 5.69 Å². The van der Waals surface area contributed by atoms with Crippen LogP contribution in [-0.2, 0) is 6.42 Å². The van der Waals surface area contributed by atoms with Gasteiger partial charge in [0.15, 0.2) is 5.69 Å². The van der Waals surface area contributed by atoms with Gasteiger partial charge < -0.3 is 10.3 Å². The van der Waals surface area contributed by atoms with Crippen molar-refractivity contribution >= 4 is 5.91 Å². The van der Waals surface area contributed by atoms with Crippen molar-refractivity contribution in [1.82, 2.24) is 25.3 Å². The molecule has 1 aliphatic carbocycles. The molecule has 0 saturated heterocycles. The first kappa shape index (κ1) is 15.3. The van der Waals surface area contributed by atoms with Gasteiger partial charge in [-0.2, -0.15) is 9.90 Å². The Balaban J connectivity index is 1.54. The second-order valence-corrected chi connectivity index (χ2v) is 6.03. The number of aromatic amines is 1. The summed E-state index contributed by atoms with van der Waals surface area (Å²) in [5, 5.41) is 11.4. The van der Waals surface area contributed by atoms with Gasteiger partial charge in [-0.1, -0.05) is 18.2 Å². The molecular weight excluding hydrogens is 318 g/mol. The Morgan fingerprint density at radius 1 is 1.20 bits per heavy atom. The fraction of sp³-hybridized carbons (Fsp3) is 0.222. The highest BCUT2D eigenvalue weighted by Gasteiger charge is 2.24. The summed E-state index contributed by atoms with van der Waals surface area (Å²) in [6, 6.07) is 12.6. The fourth-order valence-corrected chi connectivity index (χ4v) is 3.14. The van der Waals surface area contributed by atoms with E-state index in [0.717, 1.165) is 36.2 Å². The minimum atomic E-state index is -0.272. The summed E-state index contributed by atoms with van der Waals surface area (Å²) in [7, 11) is 0. The Hall–Kier alpha value is -3.22. The number of rotatable bonds is 3. The van der Waals surface area contributed by atoms with Crippen LogP contribution < -0.4 is 10.9 Å². The van der Waals surface area contributed by atoms with Crippen molar-refractivity contribution in [3.63, 3.8) is 0 Å². The Morgan fingerprint density at radius 3 is 2.88 bits per heavy atom. The maximum absolute atomic E-state index is 12.5. The lowest BCUT2D eigenvalue weighted by Gasteiger charge is -2.25. The van der Waals surface area contributed by atoms with Crippen molar-refractivity contribution in [2.45, 2.75) is 25.3 Å². The third kappa shape index (κ3) is 3.08. The Labute approximate surface area is 143 Å². The van der Waals surface area contributed by atoms with E-state index in [1.54, 1.807) is 6.07 Å². The van der Waals surface area contributed by atoms with Crippen LogP contribution in [0.2, 0.25) is 0 Å². The number of aromatic nitrogens is 4. The van der Waals surface area contributed by atoms with Gasteiger partial charge in [0.05, 0.1) is 17.9 Å². The lowest BCUT2D eigenvalue weighted by atomic mass is 9.91. The molecule has 0 spiro atoms. The van der Waals surface area contributed by atoms with Crippen LogP contribution in [0.5, 0.6) is 0 Å². The summed E-state index contributed by atoms with van der Waals surface area (Å²) in [5.74, 6) is -0.272. The lowest BCUT2D eigenvalue weighted by Crippen LogP contribution is -2.32. The molecule has 1 aliphatic rings. The largest absolute Gasteiger partial charge is 0.344 e. The zero-order valence-corrected chi connectivity index (χ0v) is 13.5. The quantitative estimate of drug-likeness (QED) is 0.763.